The van der Waals surface area contributed by atoms with Crippen LogP contribution >= 0.6 is 0 Å². The van der Waals surface area contributed by atoms with E-state index in [4.69, 9.17) is 23.7 Å². The third-order valence-electron chi connectivity index (χ3n) is 13.0. The van der Waals surface area contributed by atoms with Gasteiger partial charge in [0.25, 0.3) is 0 Å². The summed E-state index contributed by atoms with van der Waals surface area (Å²) in [5.74, 6) is -3.24. The highest BCUT2D eigenvalue weighted by atomic mass is 16.7. The van der Waals surface area contributed by atoms with Gasteiger partial charge in [-0.25, -0.2) is 4.79 Å². The van der Waals surface area contributed by atoms with E-state index in [0.717, 1.165) is 141 Å². The molecule has 1 rings (SSSR count). The van der Waals surface area contributed by atoms with E-state index in [0.29, 0.717) is 25.7 Å². The molecule has 0 aromatic heterocycles. The summed E-state index contributed by atoms with van der Waals surface area (Å²) in [5.41, 5.74) is 0. The first-order valence-electron chi connectivity index (χ1n) is 30.5. The first-order valence-corrected chi connectivity index (χ1v) is 30.5. The fraction of sp³-hybridized carbons (Fsp3) is 0.642. The van der Waals surface area contributed by atoms with E-state index >= 15 is 0 Å². The second kappa shape index (κ2) is 53.7. The van der Waals surface area contributed by atoms with Crippen LogP contribution in [-0.2, 0) is 42.9 Å². The van der Waals surface area contributed by atoms with Gasteiger partial charge in [-0.3, -0.25) is 14.4 Å². The number of aliphatic hydroxyl groups excluding tert-OH is 2. The lowest BCUT2D eigenvalue weighted by molar-refractivity contribution is -0.301. The monoisotopic (exact) mass is 1100 g/mol. The number of unbranched alkanes of at least 4 members (excludes halogenated alkanes) is 16. The molecule has 0 spiro atoms. The Morgan fingerprint density at radius 3 is 1.25 bits per heavy atom. The number of aliphatic hydroxyl groups is 2. The number of aliphatic carboxylic acids is 1. The highest BCUT2D eigenvalue weighted by molar-refractivity contribution is 5.74. The van der Waals surface area contributed by atoms with Gasteiger partial charge in [0.05, 0.1) is 6.61 Å². The molecule has 0 radical (unpaired) electrons. The zero-order valence-corrected chi connectivity index (χ0v) is 49.1. The van der Waals surface area contributed by atoms with E-state index in [9.17, 15) is 34.5 Å². The van der Waals surface area contributed by atoms with Crippen LogP contribution in [0.3, 0.4) is 0 Å². The summed E-state index contributed by atoms with van der Waals surface area (Å²) in [6.45, 7) is 5.67. The maximum Gasteiger partial charge on any atom is 0.335 e. The van der Waals surface area contributed by atoms with E-state index in [1.54, 1.807) is 0 Å². The van der Waals surface area contributed by atoms with E-state index < -0.39 is 67.3 Å². The number of hydrogen-bond donors (Lipinski definition) is 3. The van der Waals surface area contributed by atoms with Crippen molar-refractivity contribution in [1.82, 2.24) is 0 Å². The average Bonchev–Trinajstić information content (AvgIpc) is 3.46. The van der Waals surface area contributed by atoms with Gasteiger partial charge in [0, 0.05) is 19.3 Å². The topological polar surface area (TPSA) is 175 Å². The predicted molar refractivity (Wildman–Crippen MR) is 321 cm³/mol. The van der Waals surface area contributed by atoms with Crippen molar-refractivity contribution >= 4 is 23.9 Å². The largest absolute Gasteiger partial charge is 0.479 e. The maximum absolute atomic E-state index is 13.2. The fourth-order valence-corrected chi connectivity index (χ4v) is 8.39. The lowest BCUT2D eigenvalue weighted by Crippen LogP contribution is -2.61. The molecule has 6 unspecified atom stereocenters. The number of rotatable bonds is 50. The van der Waals surface area contributed by atoms with Gasteiger partial charge < -0.3 is 39.0 Å². The summed E-state index contributed by atoms with van der Waals surface area (Å²) in [4.78, 5) is 51.2. The molecule has 1 heterocycles. The van der Waals surface area contributed by atoms with Crippen LogP contribution in [0.25, 0.3) is 0 Å². The van der Waals surface area contributed by atoms with Crippen molar-refractivity contribution in [2.45, 2.75) is 263 Å². The molecule has 0 aromatic carbocycles. The highest BCUT2D eigenvalue weighted by Crippen LogP contribution is 2.26. The quantitative estimate of drug-likeness (QED) is 0.0228. The van der Waals surface area contributed by atoms with Crippen LogP contribution in [0.1, 0.15) is 226 Å². The van der Waals surface area contributed by atoms with Gasteiger partial charge in [-0.15, -0.1) is 0 Å². The molecule has 12 heteroatoms. The second-order valence-electron chi connectivity index (χ2n) is 20.2. The first-order chi connectivity index (χ1) is 38.6. The van der Waals surface area contributed by atoms with E-state index in [1.807, 2.05) is 6.08 Å². The number of carbonyl (C=O) groups excluding carboxylic acids is 3. The summed E-state index contributed by atoms with van der Waals surface area (Å²) in [6.07, 6.45) is 61.6. The van der Waals surface area contributed by atoms with Crippen molar-refractivity contribution < 1.29 is 58.2 Å². The summed E-state index contributed by atoms with van der Waals surface area (Å²) >= 11 is 0. The van der Waals surface area contributed by atoms with Crippen LogP contribution in [0.4, 0.5) is 0 Å². The normalized spacial score (nSPS) is 18.7. The molecule has 79 heavy (non-hydrogen) atoms. The minimum absolute atomic E-state index is 0.0283. The summed E-state index contributed by atoms with van der Waals surface area (Å²) < 4.78 is 28.4. The van der Waals surface area contributed by atoms with Crippen molar-refractivity contribution in [1.29, 1.82) is 0 Å². The molecule has 0 aliphatic carbocycles. The molecule has 0 aromatic rings. The third-order valence-corrected chi connectivity index (χ3v) is 13.0. The molecule has 6 atom stereocenters. The second-order valence-corrected chi connectivity index (χ2v) is 20.2. The van der Waals surface area contributed by atoms with Gasteiger partial charge in [-0.1, -0.05) is 206 Å². The van der Waals surface area contributed by atoms with Crippen molar-refractivity contribution in [3.8, 4) is 0 Å². The molecule has 1 fully saturated rings. The molecular formula is C67H106O12. The average molecular weight is 1100 g/mol. The highest BCUT2D eigenvalue weighted by Gasteiger charge is 2.50. The number of carboxylic acid groups (broad SMARTS) is 1. The summed E-state index contributed by atoms with van der Waals surface area (Å²) in [7, 11) is 0. The number of esters is 3. The van der Waals surface area contributed by atoms with Crippen LogP contribution < -0.4 is 0 Å². The fourth-order valence-electron chi connectivity index (χ4n) is 8.39. The molecule has 0 saturated carbocycles. The maximum atomic E-state index is 13.2. The Bertz CT molecular complexity index is 1840. The standard InChI is InChI=1S/C67H106O12/c1-4-7-10-13-16-19-22-25-28-30-33-35-38-41-44-47-50-53-59(68)75-56-58(77-60(69)54-51-48-45-42-39-37-34-31-29-26-23-20-17-14-11-8-5-2)57-76-67-65(63(72)62(71)64(79-67)66(73)74)78-61(70)55-52-49-46-43-40-36-32-27-24-21-18-15-12-9-6-3/h7,9-10,12,16-21,25-29,32-33,35,41,44,58,62-65,67,71-72H,4-6,8,11,13-15,22-24,30-31,34,36-40,42-43,45-57H2,1-3H3,(H,73,74)/b10-7-,12-9-,19-16-,20-17-,21-18-,28-25-,29-26-,32-27-,35-33-,44-41-. The third kappa shape index (κ3) is 43.6. The van der Waals surface area contributed by atoms with Gasteiger partial charge in [-0.05, 0) is 122 Å². The Morgan fingerprint density at radius 2 is 0.810 bits per heavy atom. The van der Waals surface area contributed by atoms with Crippen LogP contribution in [0.15, 0.2) is 122 Å². The van der Waals surface area contributed by atoms with Crippen LogP contribution in [-0.4, -0.2) is 89.2 Å². The van der Waals surface area contributed by atoms with E-state index in [2.05, 4.69) is 136 Å². The Hall–Kier alpha value is -4.88. The summed E-state index contributed by atoms with van der Waals surface area (Å²) in [6, 6.07) is 0. The van der Waals surface area contributed by atoms with Gasteiger partial charge >= 0.3 is 23.9 Å². The van der Waals surface area contributed by atoms with Gasteiger partial charge in [-0.2, -0.15) is 0 Å². The van der Waals surface area contributed by atoms with E-state index in [-0.39, 0.29) is 25.9 Å². The Labute approximate surface area is 478 Å². The zero-order valence-electron chi connectivity index (χ0n) is 49.1. The Kier molecular flexibility index (Phi) is 49.1. The molecular weight excluding hydrogens is 997 g/mol. The Balaban J connectivity index is 2.75. The number of hydrogen-bond acceptors (Lipinski definition) is 11. The van der Waals surface area contributed by atoms with Crippen LogP contribution in [0.2, 0.25) is 0 Å². The molecule has 1 saturated heterocycles. The molecule has 12 nitrogen and oxygen atoms in total. The molecule has 0 bridgehead atoms. The van der Waals surface area contributed by atoms with Crippen molar-refractivity contribution in [3.05, 3.63) is 122 Å². The molecule has 1 aliphatic rings. The smallest absolute Gasteiger partial charge is 0.335 e. The number of carboxylic acids is 1. The first kappa shape index (κ1) is 72.1. The van der Waals surface area contributed by atoms with Crippen LogP contribution in [0, 0.1) is 0 Å². The molecule has 1 aliphatic heterocycles. The molecule has 446 valence electrons. The minimum atomic E-state index is -1.92. The Morgan fingerprint density at radius 1 is 0.430 bits per heavy atom. The predicted octanol–water partition coefficient (Wildman–Crippen LogP) is 16.0. The molecule has 3 N–H and O–H groups in total. The number of carbonyl (C=O) groups is 4. The molecule has 0 amide bonds. The number of ether oxygens (including phenoxy) is 5. The number of allylic oxidation sites excluding steroid dienone is 20. The van der Waals surface area contributed by atoms with E-state index in [1.165, 1.54) is 19.3 Å². The van der Waals surface area contributed by atoms with Crippen molar-refractivity contribution in [3.63, 3.8) is 0 Å². The lowest BCUT2D eigenvalue weighted by Gasteiger charge is -2.40. The summed E-state index contributed by atoms with van der Waals surface area (Å²) in [5, 5.41) is 31.5. The van der Waals surface area contributed by atoms with Gasteiger partial charge in [0.1, 0.15) is 18.8 Å². The van der Waals surface area contributed by atoms with Gasteiger partial charge in [0.15, 0.2) is 24.6 Å². The van der Waals surface area contributed by atoms with Crippen LogP contribution in [0.5, 0.6) is 0 Å². The zero-order chi connectivity index (χ0) is 57.5. The lowest BCUT2D eigenvalue weighted by atomic mass is 9.98. The van der Waals surface area contributed by atoms with Gasteiger partial charge in [0.2, 0.25) is 0 Å². The SMILES string of the molecule is CC/C=C\C/C=C\C/C=C\C/C=C\C/C=C\CCCC(=O)OCC(COC1OC(C(=O)O)C(O)C(O)C1OC(=O)CCCCCCC/C=C\C/C=C\C/C=C\CC)OC(=O)CCCCCCCCC/C=C\C/C=C\CCCCC. The minimum Gasteiger partial charge on any atom is -0.479 e. The van der Waals surface area contributed by atoms with Crippen molar-refractivity contribution in [2.75, 3.05) is 13.2 Å². The van der Waals surface area contributed by atoms with Crippen molar-refractivity contribution in [2.24, 2.45) is 0 Å².